The highest BCUT2D eigenvalue weighted by atomic mass is 32.2. The van der Waals surface area contributed by atoms with Crippen LogP contribution in [0.3, 0.4) is 0 Å². The third kappa shape index (κ3) is 3.54. The minimum atomic E-state index is -3.63. The first kappa shape index (κ1) is 14.7. The maximum Gasteiger partial charge on any atom is 0.335 e. The lowest BCUT2D eigenvalue weighted by Crippen LogP contribution is -2.30. The summed E-state index contributed by atoms with van der Waals surface area (Å²) in [6.07, 6.45) is 0. The van der Waals surface area contributed by atoms with E-state index in [1.165, 1.54) is 39.0 Å². The standard InChI is InChI=1S/C12H16O5S/c1-8-6-9(4-5-10(8)11(13)14)18(16,17)7-12(2,3)15/h4-6,15H,7H2,1-3H3,(H,13,14). The van der Waals surface area contributed by atoms with E-state index in [2.05, 4.69) is 0 Å². The number of benzene rings is 1. The predicted octanol–water partition coefficient (Wildman–Crippen LogP) is 1.24. The van der Waals surface area contributed by atoms with E-state index in [4.69, 9.17) is 5.11 Å². The van der Waals surface area contributed by atoms with Crippen LogP contribution in [0.15, 0.2) is 23.1 Å². The summed E-state index contributed by atoms with van der Waals surface area (Å²) in [5.74, 6) is -1.51. The molecule has 0 bridgehead atoms. The van der Waals surface area contributed by atoms with Crippen LogP contribution in [0.5, 0.6) is 0 Å². The van der Waals surface area contributed by atoms with Gasteiger partial charge in [0.1, 0.15) is 0 Å². The molecular formula is C12H16O5S. The Balaban J connectivity index is 3.20. The Morgan fingerprint density at radius 3 is 2.28 bits per heavy atom. The number of aliphatic hydroxyl groups is 1. The Labute approximate surface area is 106 Å². The van der Waals surface area contributed by atoms with Crippen molar-refractivity contribution in [1.82, 2.24) is 0 Å². The molecule has 0 amide bonds. The molecule has 0 heterocycles. The SMILES string of the molecule is Cc1cc(S(=O)(=O)CC(C)(C)O)ccc1C(=O)O. The van der Waals surface area contributed by atoms with Gasteiger partial charge in [0.15, 0.2) is 9.84 Å². The molecule has 0 saturated carbocycles. The molecule has 1 aromatic rings. The van der Waals surface area contributed by atoms with Crippen molar-refractivity contribution in [3.8, 4) is 0 Å². The zero-order chi connectivity index (χ0) is 14.1. The lowest BCUT2D eigenvalue weighted by Gasteiger charge is -2.17. The molecule has 0 unspecified atom stereocenters. The van der Waals surface area contributed by atoms with Crippen molar-refractivity contribution in [1.29, 1.82) is 0 Å². The van der Waals surface area contributed by atoms with E-state index in [1.807, 2.05) is 0 Å². The van der Waals surface area contributed by atoms with Gasteiger partial charge in [-0.05, 0) is 44.5 Å². The third-order valence-corrected chi connectivity index (χ3v) is 4.39. The Morgan fingerprint density at radius 2 is 1.89 bits per heavy atom. The van der Waals surface area contributed by atoms with Gasteiger partial charge < -0.3 is 10.2 Å². The summed E-state index contributed by atoms with van der Waals surface area (Å²) in [7, 11) is -3.63. The highest BCUT2D eigenvalue weighted by Gasteiger charge is 2.25. The summed E-state index contributed by atoms with van der Waals surface area (Å²) in [5, 5.41) is 18.4. The lowest BCUT2D eigenvalue weighted by atomic mass is 10.1. The predicted molar refractivity (Wildman–Crippen MR) is 66.5 cm³/mol. The molecule has 2 N–H and O–H groups in total. The van der Waals surface area contributed by atoms with Crippen LogP contribution in [0.4, 0.5) is 0 Å². The normalized spacial score (nSPS) is 12.4. The van der Waals surface area contributed by atoms with E-state index >= 15 is 0 Å². The van der Waals surface area contributed by atoms with Gasteiger partial charge in [0, 0.05) is 0 Å². The van der Waals surface area contributed by atoms with Crippen LogP contribution in [0.1, 0.15) is 29.8 Å². The van der Waals surface area contributed by atoms with Gasteiger partial charge in [-0.15, -0.1) is 0 Å². The van der Waals surface area contributed by atoms with E-state index in [0.29, 0.717) is 5.56 Å². The van der Waals surface area contributed by atoms with Crippen molar-refractivity contribution in [3.63, 3.8) is 0 Å². The third-order valence-electron chi connectivity index (χ3n) is 2.33. The summed E-state index contributed by atoms with van der Waals surface area (Å²) >= 11 is 0. The molecule has 0 spiro atoms. The Hall–Kier alpha value is -1.40. The topological polar surface area (TPSA) is 91.7 Å². The minimum Gasteiger partial charge on any atom is -0.478 e. The number of hydrogen-bond acceptors (Lipinski definition) is 4. The van der Waals surface area contributed by atoms with E-state index in [0.717, 1.165) is 0 Å². The fourth-order valence-corrected chi connectivity index (χ4v) is 3.35. The minimum absolute atomic E-state index is 0.0205. The molecular weight excluding hydrogens is 256 g/mol. The van der Waals surface area contributed by atoms with Crippen LogP contribution in [-0.4, -0.2) is 36.0 Å². The molecule has 18 heavy (non-hydrogen) atoms. The number of sulfone groups is 1. The molecule has 5 nitrogen and oxygen atoms in total. The van der Waals surface area contributed by atoms with Gasteiger partial charge in [-0.25, -0.2) is 13.2 Å². The Morgan fingerprint density at radius 1 is 1.33 bits per heavy atom. The number of rotatable bonds is 4. The second-order valence-electron chi connectivity index (χ2n) is 4.85. The smallest absolute Gasteiger partial charge is 0.335 e. The monoisotopic (exact) mass is 272 g/mol. The van der Waals surface area contributed by atoms with E-state index in [1.54, 1.807) is 0 Å². The molecule has 0 radical (unpaired) electrons. The van der Waals surface area contributed by atoms with Gasteiger partial charge >= 0.3 is 5.97 Å². The van der Waals surface area contributed by atoms with Crippen LogP contribution < -0.4 is 0 Å². The van der Waals surface area contributed by atoms with E-state index in [9.17, 15) is 18.3 Å². The maximum absolute atomic E-state index is 12.0. The van der Waals surface area contributed by atoms with Gasteiger partial charge in [-0.2, -0.15) is 0 Å². The van der Waals surface area contributed by atoms with Gasteiger partial charge in [-0.3, -0.25) is 0 Å². The first-order chi connectivity index (χ1) is 8.03. The zero-order valence-corrected chi connectivity index (χ0v) is 11.3. The number of aryl methyl sites for hydroxylation is 1. The molecule has 0 aliphatic heterocycles. The molecule has 0 fully saturated rings. The van der Waals surface area contributed by atoms with Crippen molar-refractivity contribution >= 4 is 15.8 Å². The summed E-state index contributed by atoms with van der Waals surface area (Å²) in [4.78, 5) is 10.8. The number of aromatic carboxylic acids is 1. The fraction of sp³-hybridized carbons (Fsp3) is 0.417. The van der Waals surface area contributed by atoms with Crippen LogP contribution in [0.2, 0.25) is 0 Å². The second kappa shape index (κ2) is 4.70. The largest absolute Gasteiger partial charge is 0.478 e. The number of carbonyl (C=O) groups is 1. The average Bonchev–Trinajstić information content (AvgIpc) is 2.12. The maximum atomic E-state index is 12.0. The van der Waals surface area contributed by atoms with Gasteiger partial charge in [0.05, 0.1) is 21.8 Å². The molecule has 0 atom stereocenters. The molecule has 0 saturated heterocycles. The molecule has 100 valence electrons. The van der Waals surface area contributed by atoms with E-state index in [-0.39, 0.29) is 10.5 Å². The van der Waals surface area contributed by atoms with Gasteiger partial charge in [0.2, 0.25) is 0 Å². The lowest BCUT2D eigenvalue weighted by molar-refractivity contribution is 0.0695. The highest BCUT2D eigenvalue weighted by molar-refractivity contribution is 7.91. The molecule has 1 rings (SSSR count). The van der Waals surface area contributed by atoms with Crippen molar-refractivity contribution in [3.05, 3.63) is 29.3 Å². The summed E-state index contributed by atoms with van der Waals surface area (Å²) in [6.45, 7) is 4.35. The van der Waals surface area contributed by atoms with Crippen molar-refractivity contribution in [2.45, 2.75) is 31.3 Å². The first-order valence-corrected chi connectivity index (χ1v) is 6.97. The van der Waals surface area contributed by atoms with Gasteiger partial charge in [0.25, 0.3) is 0 Å². The molecule has 0 aliphatic rings. The summed E-state index contributed by atoms with van der Waals surface area (Å²) in [5.41, 5.74) is -0.894. The highest BCUT2D eigenvalue weighted by Crippen LogP contribution is 2.19. The fourth-order valence-electron chi connectivity index (χ4n) is 1.62. The molecule has 0 aliphatic carbocycles. The molecule has 6 heteroatoms. The zero-order valence-electron chi connectivity index (χ0n) is 10.5. The number of hydrogen-bond donors (Lipinski definition) is 2. The Kier molecular flexibility index (Phi) is 3.83. The number of carboxylic acid groups (broad SMARTS) is 1. The van der Waals surface area contributed by atoms with Crippen LogP contribution in [0, 0.1) is 6.92 Å². The van der Waals surface area contributed by atoms with Crippen molar-refractivity contribution in [2.75, 3.05) is 5.75 Å². The second-order valence-corrected chi connectivity index (χ2v) is 6.84. The molecule has 0 aromatic heterocycles. The van der Waals surface area contributed by atoms with Crippen LogP contribution in [-0.2, 0) is 9.84 Å². The van der Waals surface area contributed by atoms with E-state index < -0.39 is 27.2 Å². The van der Waals surface area contributed by atoms with Crippen molar-refractivity contribution < 1.29 is 23.4 Å². The average molecular weight is 272 g/mol. The summed E-state index contributed by atoms with van der Waals surface area (Å²) < 4.78 is 23.9. The van der Waals surface area contributed by atoms with Gasteiger partial charge in [-0.1, -0.05) is 0 Å². The summed E-state index contributed by atoms with van der Waals surface area (Å²) in [6, 6.07) is 3.82. The first-order valence-electron chi connectivity index (χ1n) is 5.32. The Bertz CT molecular complexity index is 567. The number of carboxylic acids is 1. The quantitative estimate of drug-likeness (QED) is 0.860. The molecule has 1 aromatic carbocycles. The van der Waals surface area contributed by atoms with Crippen LogP contribution >= 0.6 is 0 Å². The van der Waals surface area contributed by atoms with Crippen LogP contribution in [0.25, 0.3) is 0 Å². The van der Waals surface area contributed by atoms with Crippen molar-refractivity contribution in [2.24, 2.45) is 0 Å².